The van der Waals surface area contributed by atoms with E-state index in [0.717, 1.165) is 23.4 Å². The van der Waals surface area contributed by atoms with Crippen molar-refractivity contribution in [1.82, 2.24) is 4.90 Å². The number of nitrogens with zero attached hydrogens (tertiary/aromatic N) is 1. The standard InChI is InChI=1S/C17H20N2O/c1-13-8-10-14(11-9-13)17(20)18-16-7-5-4-6-15(16)12-19(2)3/h4-11H,12H2,1-3H3,(H,18,20). The third kappa shape index (κ3) is 3.68. The SMILES string of the molecule is Cc1ccc(C(=O)Nc2ccccc2CN(C)C)cc1. The molecule has 104 valence electrons. The minimum absolute atomic E-state index is 0.0730. The van der Waals surface area contributed by atoms with Gasteiger partial charge in [0.2, 0.25) is 0 Å². The Morgan fingerprint density at radius 2 is 1.70 bits per heavy atom. The summed E-state index contributed by atoms with van der Waals surface area (Å²) < 4.78 is 0. The minimum Gasteiger partial charge on any atom is -0.322 e. The number of hydrogen-bond donors (Lipinski definition) is 1. The number of hydrogen-bond acceptors (Lipinski definition) is 2. The molecule has 0 aromatic heterocycles. The molecule has 0 spiro atoms. The molecular weight excluding hydrogens is 248 g/mol. The van der Waals surface area contributed by atoms with Crippen LogP contribution in [0.15, 0.2) is 48.5 Å². The average molecular weight is 268 g/mol. The second-order valence-electron chi connectivity index (χ2n) is 5.22. The summed E-state index contributed by atoms with van der Waals surface area (Å²) in [6, 6.07) is 15.5. The maximum absolute atomic E-state index is 12.2. The lowest BCUT2D eigenvalue weighted by molar-refractivity contribution is 0.102. The highest BCUT2D eigenvalue weighted by molar-refractivity contribution is 6.04. The number of rotatable bonds is 4. The predicted octanol–water partition coefficient (Wildman–Crippen LogP) is 3.31. The van der Waals surface area contributed by atoms with Crippen LogP contribution in [0.25, 0.3) is 0 Å². The molecule has 1 amide bonds. The zero-order chi connectivity index (χ0) is 14.5. The smallest absolute Gasteiger partial charge is 0.255 e. The summed E-state index contributed by atoms with van der Waals surface area (Å²) in [7, 11) is 4.02. The van der Waals surface area contributed by atoms with Crippen molar-refractivity contribution in [2.24, 2.45) is 0 Å². The largest absolute Gasteiger partial charge is 0.322 e. The monoisotopic (exact) mass is 268 g/mol. The number of para-hydroxylation sites is 1. The molecule has 0 aliphatic rings. The van der Waals surface area contributed by atoms with Gasteiger partial charge >= 0.3 is 0 Å². The second-order valence-corrected chi connectivity index (χ2v) is 5.22. The molecule has 0 saturated heterocycles. The summed E-state index contributed by atoms with van der Waals surface area (Å²) >= 11 is 0. The molecule has 2 aromatic carbocycles. The van der Waals surface area contributed by atoms with Crippen LogP contribution in [-0.4, -0.2) is 24.9 Å². The number of amides is 1. The van der Waals surface area contributed by atoms with Gasteiger partial charge < -0.3 is 10.2 Å². The lowest BCUT2D eigenvalue weighted by atomic mass is 10.1. The summed E-state index contributed by atoms with van der Waals surface area (Å²) in [5, 5.41) is 2.99. The van der Waals surface area contributed by atoms with Gasteiger partial charge in [-0.1, -0.05) is 35.9 Å². The van der Waals surface area contributed by atoms with Gasteiger partial charge in [-0.15, -0.1) is 0 Å². The van der Waals surface area contributed by atoms with Crippen LogP contribution in [0.3, 0.4) is 0 Å². The van der Waals surface area contributed by atoms with Crippen LogP contribution in [0.5, 0.6) is 0 Å². The van der Waals surface area contributed by atoms with Crippen LogP contribution in [0, 0.1) is 6.92 Å². The van der Waals surface area contributed by atoms with Crippen molar-refractivity contribution in [3.05, 3.63) is 65.2 Å². The minimum atomic E-state index is -0.0730. The number of nitrogens with one attached hydrogen (secondary N) is 1. The second kappa shape index (κ2) is 6.35. The Balaban J connectivity index is 2.17. The molecule has 20 heavy (non-hydrogen) atoms. The fourth-order valence-corrected chi connectivity index (χ4v) is 2.02. The maximum atomic E-state index is 12.2. The van der Waals surface area contributed by atoms with E-state index in [2.05, 4.69) is 10.2 Å². The van der Waals surface area contributed by atoms with Crippen molar-refractivity contribution in [3.8, 4) is 0 Å². The summed E-state index contributed by atoms with van der Waals surface area (Å²) in [6.45, 7) is 2.80. The number of anilines is 1. The lowest BCUT2D eigenvalue weighted by Crippen LogP contribution is -2.16. The Hall–Kier alpha value is -2.13. The van der Waals surface area contributed by atoms with E-state index in [4.69, 9.17) is 0 Å². The van der Waals surface area contributed by atoms with E-state index in [1.807, 2.05) is 69.6 Å². The van der Waals surface area contributed by atoms with Gasteiger partial charge in [-0.3, -0.25) is 4.79 Å². The summed E-state index contributed by atoms with van der Waals surface area (Å²) in [6.07, 6.45) is 0. The number of carbonyl (C=O) groups is 1. The molecule has 0 aliphatic carbocycles. The molecule has 0 unspecified atom stereocenters. The molecule has 0 aliphatic heterocycles. The first-order chi connectivity index (χ1) is 9.56. The van der Waals surface area contributed by atoms with Gasteiger partial charge in [0.05, 0.1) is 0 Å². The molecule has 0 saturated carbocycles. The average Bonchev–Trinajstić information content (AvgIpc) is 2.41. The van der Waals surface area contributed by atoms with Gasteiger partial charge in [0.15, 0.2) is 0 Å². The first-order valence-electron chi connectivity index (χ1n) is 6.67. The van der Waals surface area contributed by atoms with Crippen molar-refractivity contribution in [2.75, 3.05) is 19.4 Å². The van der Waals surface area contributed by atoms with Gasteiger partial charge in [-0.2, -0.15) is 0 Å². The molecule has 0 atom stereocenters. The van der Waals surface area contributed by atoms with Gasteiger partial charge in [-0.25, -0.2) is 0 Å². The van der Waals surface area contributed by atoms with Gasteiger partial charge in [0, 0.05) is 17.8 Å². The Labute approximate surface area is 120 Å². The molecule has 3 nitrogen and oxygen atoms in total. The van der Waals surface area contributed by atoms with Gasteiger partial charge in [0.1, 0.15) is 0 Å². The zero-order valence-corrected chi connectivity index (χ0v) is 12.2. The number of benzene rings is 2. The molecular formula is C17H20N2O. The maximum Gasteiger partial charge on any atom is 0.255 e. The van der Waals surface area contributed by atoms with Gasteiger partial charge in [-0.05, 0) is 44.8 Å². The first-order valence-corrected chi connectivity index (χ1v) is 6.67. The van der Waals surface area contributed by atoms with Crippen LogP contribution >= 0.6 is 0 Å². The first kappa shape index (κ1) is 14.3. The molecule has 0 heterocycles. The van der Waals surface area contributed by atoms with E-state index >= 15 is 0 Å². The Kier molecular flexibility index (Phi) is 4.53. The highest BCUT2D eigenvalue weighted by Crippen LogP contribution is 2.17. The van der Waals surface area contributed by atoms with Crippen molar-refractivity contribution in [1.29, 1.82) is 0 Å². The van der Waals surface area contributed by atoms with Crippen LogP contribution in [0.4, 0.5) is 5.69 Å². The number of aryl methyl sites for hydroxylation is 1. The molecule has 2 aromatic rings. The van der Waals surface area contributed by atoms with E-state index in [9.17, 15) is 4.79 Å². The van der Waals surface area contributed by atoms with E-state index in [-0.39, 0.29) is 5.91 Å². The zero-order valence-electron chi connectivity index (χ0n) is 12.2. The van der Waals surface area contributed by atoms with Gasteiger partial charge in [0.25, 0.3) is 5.91 Å². The molecule has 0 bridgehead atoms. The van der Waals surface area contributed by atoms with E-state index < -0.39 is 0 Å². The van der Waals surface area contributed by atoms with Crippen LogP contribution in [-0.2, 0) is 6.54 Å². The van der Waals surface area contributed by atoms with E-state index in [1.54, 1.807) is 0 Å². The Bertz CT molecular complexity index is 588. The van der Waals surface area contributed by atoms with Crippen molar-refractivity contribution in [3.63, 3.8) is 0 Å². The van der Waals surface area contributed by atoms with Crippen molar-refractivity contribution in [2.45, 2.75) is 13.5 Å². The quantitative estimate of drug-likeness (QED) is 0.922. The molecule has 0 radical (unpaired) electrons. The highest BCUT2D eigenvalue weighted by atomic mass is 16.1. The Morgan fingerprint density at radius 3 is 2.35 bits per heavy atom. The van der Waals surface area contributed by atoms with Crippen molar-refractivity contribution < 1.29 is 4.79 Å². The number of carbonyl (C=O) groups excluding carboxylic acids is 1. The third-order valence-electron chi connectivity index (χ3n) is 3.07. The summed E-state index contributed by atoms with van der Waals surface area (Å²) in [5.74, 6) is -0.0730. The Morgan fingerprint density at radius 1 is 1.05 bits per heavy atom. The lowest BCUT2D eigenvalue weighted by Gasteiger charge is -2.15. The molecule has 0 fully saturated rings. The van der Waals surface area contributed by atoms with Crippen LogP contribution < -0.4 is 5.32 Å². The third-order valence-corrected chi connectivity index (χ3v) is 3.07. The van der Waals surface area contributed by atoms with Crippen LogP contribution in [0.2, 0.25) is 0 Å². The topological polar surface area (TPSA) is 32.3 Å². The normalized spacial score (nSPS) is 10.6. The van der Waals surface area contributed by atoms with E-state index in [0.29, 0.717) is 5.56 Å². The fraction of sp³-hybridized carbons (Fsp3) is 0.235. The molecule has 2 rings (SSSR count). The fourth-order valence-electron chi connectivity index (χ4n) is 2.02. The summed E-state index contributed by atoms with van der Waals surface area (Å²) in [4.78, 5) is 14.3. The molecule has 1 N–H and O–H groups in total. The predicted molar refractivity (Wildman–Crippen MR) is 83.0 cm³/mol. The summed E-state index contributed by atoms with van der Waals surface area (Å²) in [5.41, 5.74) is 3.80. The highest BCUT2D eigenvalue weighted by Gasteiger charge is 2.09. The van der Waals surface area contributed by atoms with Crippen LogP contribution in [0.1, 0.15) is 21.5 Å². The molecule has 3 heteroatoms. The van der Waals surface area contributed by atoms with Crippen molar-refractivity contribution >= 4 is 11.6 Å². The van der Waals surface area contributed by atoms with E-state index in [1.165, 1.54) is 0 Å².